The van der Waals surface area contributed by atoms with Crippen molar-refractivity contribution in [2.45, 2.75) is 6.54 Å². The van der Waals surface area contributed by atoms with E-state index in [0.29, 0.717) is 11.6 Å². The fourth-order valence-electron chi connectivity index (χ4n) is 2.65. The molecule has 26 heavy (non-hydrogen) atoms. The highest BCUT2D eigenvalue weighted by atomic mass is 79.9. The van der Waals surface area contributed by atoms with Gasteiger partial charge in [-0.25, -0.2) is 9.37 Å². The Morgan fingerprint density at radius 2 is 1.92 bits per heavy atom. The van der Waals surface area contributed by atoms with Crippen molar-refractivity contribution < 1.29 is 21.4 Å². The van der Waals surface area contributed by atoms with Gasteiger partial charge in [0.1, 0.15) is 10.8 Å². The second-order valence-corrected chi connectivity index (χ2v) is 7.99. The number of rotatable bonds is 3. The highest BCUT2D eigenvalue weighted by molar-refractivity contribution is 9.10. The monoisotopic (exact) mass is 468 g/mol. The van der Waals surface area contributed by atoms with Crippen molar-refractivity contribution in [3.8, 4) is 10.6 Å². The van der Waals surface area contributed by atoms with Gasteiger partial charge in [0, 0.05) is 5.56 Å². The molecule has 0 radical (unpaired) electrons. The van der Waals surface area contributed by atoms with Gasteiger partial charge in [-0.05, 0) is 52.3 Å². The van der Waals surface area contributed by atoms with Crippen molar-refractivity contribution >= 4 is 49.1 Å². The van der Waals surface area contributed by atoms with E-state index in [0.717, 1.165) is 30.8 Å². The Bertz CT molecular complexity index is 1050. The fourth-order valence-corrected chi connectivity index (χ4v) is 4.33. The molecule has 0 aliphatic heterocycles. The predicted octanol–water partition coefficient (Wildman–Crippen LogP) is 2.86. The third-order valence-electron chi connectivity index (χ3n) is 3.80. The van der Waals surface area contributed by atoms with E-state index in [9.17, 15) is 4.39 Å². The summed E-state index contributed by atoms with van der Waals surface area (Å²) in [7, 11) is 0. The lowest BCUT2D eigenvalue weighted by molar-refractivity contribution is -0.688. The van der Waals surface area contributed by atoms with Gasteiger partial charge in [-0.3, -0.25) is 0 Å². The summed E-state index contributed by atoms with van der Waals surface area (Å²) in [5.41, 5.74) is 2.88. The van der Waals surface area contributed by atoms with Crippen molar-refractivity contribution in [2.24, 2.45) is 0 Å². The molecule has 0 bridgehead atoms. The van der Waals surface area contributed by atoms with Gasteiger partial charge in [-0.15, -0.1) is 11.3 Å². The number of fused-ring (bicyclic) bond motifs is 1. The van der Waals surface area contributed by atoms with E-state index in [4.69, 9.17) is 16.6 Å². The lowest BCUT2D eigenvalue weighted by Gasteiger charge is -2.03. The van der Waals surface area contributed by atoms with Crippen LogP contribution in [0.5, 0.6) is 0 Å². The van der Waals surface area contributed by atoms with Gasteiger partial charge < -0.3 is 12.4 Å². The molecule has 0 saturated carbocycles. The van der Waals surface area contributed by atoms with Crippen LogP contribution in [0.1, 0.15) is 5.56 Å². The van der Waals surface area contributed by atoms with Crippen LogP contribution in [0, 0.1) is 5.82 Å². The van der Waals surface area contributed by atoms with E-state index < -0.39 is 0 Å². The van der Waals surface area contributed by atoms with E-state index >= 15 is 0 Å². The minimum absolute atomic E-state index is 0. The second-order valence-electron chi connectivity index (χ2n) is 5.64. The molecule has 0 N–H and O–H groups in total. The first-order chi connectivity index (χ1) is 12.1. The van der Waals surface area contributed by atoms with Gasteiger partial charge >= 0.3 is 0 Å². The maximum atomic E-state index is 13.2. The highest BCUT2D eigenvalue weighted by Gasteiger charge is 2.14. The van der Waals surface area contributed by atoms with Crippen LogP contribution in [0.4, 0.5) is 4.39 Å². The molecular weight excluding hydrogens is 458 g/mol. The fraction of sp³-hybridized carbons (Fsp3) is 0.0526. The van der Waals surface area contributed by atoms with Crippen molar-refractivity contribution in [2.75, 3.05) is 0 Å². The summed E-state index contributed by atoms with van der Waals surface area (Å²) in [6, 6.07) is 14.6. The molecule has 2 nitrogen and oxygen atoms in total. The molecule has 0 unspecified atom stereocenters. The van der Waals surface area contributed by atoms with Crippen LogP contribution in [-0.2, 0) is 6.54 Å². The molecule has 132 valence electrons. The Morgan fingerprint density at radius 3 is 2.69 bits per heavy atom. The average molecular weight is 470 g/mol. The average Bonchev–Trinajstić information content (AvgIpc) is 3.01. The summed E-state index contributed by atoms with van der Waals surface area (Å²) in [4.78, 5) is 4.71. The third kappa shape index (κ3) is 4.07. The lowest BCUT2D eigenvalue weighted by atomic mass is 10.2. The number of thiazole rings is 1. The maximum absolute atomic E-state index is 13.2. The zero-order valence-electron chi connectivity index (χ0n) is 13.3. The van der Waals surface area contributed by atoms with E-state index in [1.54, 1.807) is 17.4 Å². The van der Waals surface area contributed by atoms with Gasteiger partial charge in [-0.1, -0.05) is 23.7 Å². The predicted molar refractivity (Wildman–Crippen MR) is 103 cm³/mol. The van der Waals surface area contributed by atoms with E-state index in [2.05, 4.69) is 22.0 Å². The van der Waals surface area contributed by atoms with Crippen molar-refractivity contribution in [3.05, 3.63) is 81.8 Å². The molecule has 2 aromatic carbocycles. The molecule has 4 rings (SSSR count). The summed E-state index contributed by atoms with van der Waals surface area (Å²) in [6.07, 6.45) is 4.00. The van der Waals surface area contributed by atoms with Crippen LogP contribution in [0.15, 0.2) is 65.4 Å². The largest absolute Gasteiger partial charge is 1.00 e. The van der Waals surface area contributed by atoms with Crippen LogP contribution in [-0.4, -0.2) is 4.98 Å². The maximum Gasteiger partial charge on any atom is 0.183 e. The second kappa shape index (κ2) is 8.01. The number of benzene rings is 2. The van der Waals surface area contributed by atoms with Crippen LogP contribution in [0.25, 0.3) is 20.8 Å². The number of pyridine rings is 1. The highest BCUT2D eigenvalue weighted by Crippen LogP contribution is 2.30. The number of hydrogen-bond donors (Lipinski definition) is 0. The number of nitrogens with zero attached hydrogens (tertiary/aromatic N) is 2. The molecule has 0 spiro atoms. The molecule has 2 aromatic heterocycles. The normalized spacial score (nSPS) is 10.7. The van der Waals surface area contributed by atoms with Crippen LogP contribution in [0.3, 0.4) is 0 Å². The summed E-state index contributed by atoms with van der Waals surface area (Å²) < 4.78 is 17.4. The lowest BCUT2D eigenvalue weighted by Crippen LogP contribution is -3.00. The molecule has 0 atom stereocenters. The molecule has 2 heterocycles. The topological polar surface area (TPSA) is 16.8 Å². The van der Waals surface area contributed by atoms with Gasteiger partial charge in [0.2, 0.25) is 0 Å². The molecule has 0 fully saturated rings. The summed E-state index contributed by atoms with van der Waals surface area (Å²) >= 11 is 11.4. The van der Waals surface area contributed by atoms with Gasteiger partial charge in [0.15, 0.2) is 18.9 Å². The van der Waals surface area contributed by atoms with Crippen LogP contribution >= 0.6 is 38.9 Å². The van der Waals surface area contributed by atoms with Gasteiger partial charge in [0.05, 0.1) is 25.3 Å². The summed E-state index contributed by atoms with van der Waals surface area (Å²) in [5, 5.41) is 1.38. The quantitative estimate of drug-likeness (QED) is 0.421. The zero-order valence-corrected chi connectivity index (χ0v) is 17.2. The minimum Gasteiger partial charge on any atom is -1.00 e. The minimum atomic E-state index is -0.330. The van der Waals surface area contributed by atoms with Gasteiger partial charge in [0.25, 0.3) is 0 Å². The first-order valence-electron chi connectivity index (χ1n) is 7.58. The molecule has 0 saturated heterocycles. The first kappa shape index (κ1) is 19.2. The van der Waals surface area contributed by atoms with E-state index in [1.807, 2.05) is 41.2 Å². The first-order valence-corrected chi connectivity index (χ1v) is 9.57. The SMILES string of the molecule is Fc1ccc(C[n+]2cc(Br)cc(-c3nc4ccccc4s3)c2)c(Cl)c1.[Cl-]. The van der Waals surface area contributed by atoms with Gasteiger partial charge in [-0.2, -0.15) is 4.57 Å². The zero-order chi connectivity index (χ0) is 17.4. The van der Waals surface area contributed by atoms with E-state index in [-0.39, 0.29) is 18.2 Å². The Balaban J connectivity index is 0.00000196. The molecule has 0 aliphatic rings. The third-order valence-corrected chi connectivity index (χ3v) is 5.67. The van der Waals surface area contributed by atoms with Crippen molar-refractivity contribution in [1.29, 1.82) is 0 Å². The number of hydrogen-bond acceptors (Lipinski definition) is 2. The number of para-hydroxylation sites is 1. The number of aromatic nitrogens is 2. The molecule has 0 aliphatic carbocycles. The van der Waals surface area contributed by atoms with E-state index in [1.165, 1.54) is 12.1 Å². The standard InChI is InChI=1S/C19H12BrClFN2S.ClH/c20-14-7-13(19-23-17-3-1-2-4-18(17)25-19)10-24(11-14)9-12-5-6-15(22)8-16(12)21;/h1-8,10-11H,9H2;1H/q+1;/p-1. The number of halogens is 4. The summed E-state index contributed by atoms with van der Waals surface area (Å²) in [6.45, 7) is 0.552. The van der Waals surface area contributed by atoms with Crippen molar-refractivity contribution in [1.82, 2.24) is 4.98 Å². The smallest absolute Gasteiger partial charge is 0.183 e. The Kier molecular flexibility index (Phi) is 5.92. The summed E-state index contributed by atoms with van der Waals surface area (Å²) in [5.74, 6) is -0.330. The molecule has 0 amide bonds. The molecule has 4 aromatic rings. The van der Waals surface area contributed by atoms with Crippen LogP contribution in [0.2, 0.25) is 5.02 Å². The Morgan fingerprint density at radius 1 is 1.12 bits per heavy atom. The Labute approximate surface area is 173 Å². The molecule has 7 heteroatoms. The Hall–Kier alpha value is -1.53. The van der Waals surface area contributed by atoms with Crippen molar-refractivity contribution in [3.63, 3.8) is 0 Å². The van der Waals surface area contributed by atoms with Crippen LogP contribution < -0.4 is 17.0 Å². The molecular formula is C19H12BrCl2FN2S.